The molecule has 1 fully saturated rings. The monoisotopic (exact) mass is 257 g/mol. The van der Waals surface area contributed by atoms with Gasteiger partial charge in [-0.3, -0.25) is 4.98 Å². The summed E-state index contributed by atoms with van der Waals surface area (Å²) in [5.74, 6) is 0. The van der Waals surface area contributed by atoms with Gasteiger partial charge in [0.15, 0.2) is 0 Å². The summed E-state index contributed by atoms with van der Waals surface area (Å²) in [6.07, 6.45) is 12.2. The van der Waals surface area contributed by atoms with Crippen LogP contribution in [0.1, 0.15) is 43.9 Å². The Balaban J connectivity index is 1.86. The summed E-state index contributed by atoms with van der Waals surface area (Å²) in [7, 11) is 0. The number of pyridine rings is 1. The maximum atomic E-state index is 4.45. The molecule has 1 unspecified atom stereocenters. The third-order valence-electron chi connectivity index (χ3n) is 4.55. The standard InChI is InChI=1S/C16H23N3/c1-12-8-9-17-13(2)16(12)19-11-10-18(14(19)3)15-6-4-5-7-15/h8-11,14-15H,4-7H2,1-3H3. The van der Waals surface area contributed by atoms with Crippen molar-refractivity contribution < 1.29 is 0 Å². The highest BCUT2D eigenvalue weighted by atomic mass is 15.4. The molecule has 1 atom stereocenters. The van der Waals surface area contributed by atoms with Crippen LogP contribution in [0.15, 0.2) is 24.7 Å². The van der Waals surface area contributed by atoms with E-state index < -0.39 is 0 Å². The zero-order valence-corrected chi connectivity index (χ0v) is 12.1. The van der Waals surface area contributed by atoms with Crippen molar-refractivity contribution in [3.63, 3.8) is 0 Å². The Hall–Kier alpha value is -1.51. The lowest BCUT2D eigenvalue weighted by Crippen LogP contribution is -2.41. The molecule has 0 bridgehead atoms. The molecule has 1 aliphatic heterocycles. The topological polar surface area (TPSA) is 19.4 Å². The maximum absolute atomic E-state index is 4.45. The number of nitrogens with zero attached hydrogens (tertiary/aromatic N) is 3. The smallest absolute Gasteiger partial charge is 0.103 e. The van der Waals surface area contributed by atoms with Crippen molar-refractivity contribution in [1.29, 1.82) is 0 Å². The van der Waals surface area contributed by atoms with E-state index in [1.165, 1.54) is 36.9 Å². The molecule has 19 heavy (non-hydrogen) atoms. The molecular formula is C16H23N3. The molecule has 0 amide bonds. The van der Waals surface area contributed by atoms with Gasteiger partial charge in [0.2, 0.25) is 0 Å². The van der Waals surface area contributed by atoms with Crippen LogP contribution in [0.5, 0.6) is 0 Å². The van der Waals surface area contributed by atoms with Crippen LogP contribution in [0.2, 0.25) is 0 Å². The van der Waals surface area contributed by atoms with Crippen molar-refractivity contribution in [3.8, 4) is 0 Å². The molecule has 3 rings (SSSR count). The number of aryl methyl sites for hydroxylation is 2. The molecule has 1 aromatic heterocycles. The van der Waals surface area contributed by atoms with Crippen LogP contribution >= 0.6 is 0 Å². The van der Waals surface area contributed by atoms with Gasteiger partial charge in [0, 0.05) is 24.6 Å². The zero-order chi connectivity index (χ0) is 13.4. The fraction of sp³-hybridized carbons (Fsp3) is 0.562. The second-order valence-electron chi connectivity index (χ2n) is 5.78. The highest BCUT2D eigenvalue weighted by Crippen LogP contribution is 2.34. The first-order valence-corrected chi connectivity index (χ1v) is 7.35. The molecule has 1 aromatic rings. The Bertz CT molecular complexity index is 469. The Morgan fingerprint density at radius 2 is 1.89 bits per heavy atom. The fourth-order valence-corrected chi connectivity index (χ4v) is 3.51. The quantitative estimate of drug-likeness (QED) is 0.807. The average Bonchev–Trinajstić information content (AvgIpc) is 3.00. The average molecular weight is 257 g/mol. The summed E-state index contributed by atoms with van der Waals surface area (Å²) in [5.41, 5.74) is 3.69. The number of anilines is 1. The summed E-state index contributed by atoms with van der Waals surface area (Å²) in [6, 6.07) is 2.83. The second-order valence-corrected chi connectivity index (χ2v) is 5.78. The molecule has 102 valence electrons. The predicted octanol–water partition coefficient (Wildman–Crippen LogP) is 3.58. The lowest BCUT2D eigenvalue weighted by Gasteiger charge is -2.34. The van der Waals surface area contributed by atoms with Crippen molar-refractivity contribution in [2.45, 2.75) is 58.7 Å². The molecule has 0 aromatic carbocycles. The highest BCUT2D eigenvalue weighted by Gasteiger charge is 2.31. The Morgan fingerprint density at radius 3 is 2.58 bits per heavy atom. The van der Waals surface area contributed by atoms with Crippen LogP contribution in [0, 0.1) is 13.8 Å². The molecule has 2 heterocycles. The SMILES string of the molecule is Cc1ccnc(C)c1N1C=CN(C2CCCC2)C1C. The zero-order valence-electron chi connectivity index (χ0n) is 12.1. The lowest BCUT2D eigenvalue weighted by molar-refractivity contribution is 0.237. The minimum Gasteiger partial charge on any atom is -0.353 e. The Kier molecular flexibility index (Phi) is 3.21. The minimum absolute atomic E-state index is 0.407. The van der Waals surface area contributed by atoms with Crippen LogP contribution in [0.3, 0.4) is 0 Å². The van der Waals surface area contributed by atoms with Crippen LogP contribution in [-0.4, -0.2) is 22.1 Å². The summed E-state index contributed by atoms with van der Waals surface area (Å²) >= 11 is 0. The Morgan fingerprint density at radius 1 is 1.16 bits per heavy atom. The summed E-state index contributed by atoms with van der Waals surface area (Å²) in [4.78, 5) is 9.35. The molecule has 0 saturated heterocycles. The van der Waals surface area contributed by atoms with E-state index in [1.807, 2.05) is 6.20 Å². The molecule has 3 nitrogen and oxygen atoms in total. The van der Waals surface area contributed by atoms with Crippen LogP contribution in [0.25, 0.3) is 0 Å². The van der Waals surface area contributed by atoms with Crippen LogP contribution < -0.4 is 4.90 Å². The summed E-state index contributed by atoms with van der Waals surface area (Å²) in [6.45, 7) is 6.56. The summed E-state index contributed by atoms with van der Waals surface area (Å²) in [5, 5.41) is 0. The molecule has 0 radical (unpaired) electrons. The first kappa shape index (κ1) is 12.5. The van der Waals surface area contributed by atoms with Gasteiger partial charge in [0.05, 0.1) is 11.4 Å². The van der Waals surface area contributed by atoms with E-state index in [0.717, 1.165) is 11.7 Å². The van der Waals surface area contributed by atoms with Gasteiger partial charge in [0.25, 0.3) is 0 Å². The first-order valence-electron chi connectivity index (χ1n) is 7.35. The lowest BCUT2D eigenvalue weighted by atomic mass is 10.1. The van der Waals surface area contributed by atoms with E-state index in [-0.39, 0.29) is 0 Å². The first-order chi connectivity index (χ1) is 9.18. The van der Waals surface area contributed by atoms with E-state index in [0.29, 0.717) is 6.17 Å². The van der Waals surface area contributed by atoms with Crippen molar-refractivity contribution in [2.75, 3.05) is 4.90 Å². The molecule has 2 aliphatic rings. The van der Waals surface area contributed by atoms with E-state index in [2.05, 4.69) is 54.0 Å². The highest BCUT2D eigenvalue weighted by molar-refractivity contribution is 5.59. The van der Waals surface area contributed by atoms with E-state index in [4.69, 9.17) is 0 Å². The van der Waals surface area contributed by atoms with Gasteiger partial charge in [-0.2, -0.15) is 0 Å². The van der Waals surface area contributed by atoms with Crippen LogP contribution in [-0.2, 0) is 0 Å². The maximum Gasteiger partial charge on any atom is 0.103 e. The minimum atomic E-state index is 0.407. The van der Waals surface area contributed by atoms with Crippen molar-refractivity contribution in [3.05, 3.63) is 35.9 Å². The molecule has 3 heteroatoms. The largest absolute Gasteiger partial charge is 0.353 e. The van der Waals surface area contributed by atoms with E-state index in [1.54, 1.807) is 0 Å². The van der Waals surface area contributed by atoms with Gasteiger partial charge >= 0.3 is 0 Å². The molecule has 1 saturated carbocycles. The molecule has 0 spiro atoms. The fourth-order valence-electron chi connectivity index (χ4n) is 3.51. The van der Waals surface area contributed by atoms with Gasteiger partial charge in [0.1, 0.15) is 6.17 Å². The number of hydrogen-bond donors (Lipinski definition) is 0. The normalized spacial score (nSPS) is 23.6. The van der Waals surface area contributed by atoms with Crippen molar-refractivity contribution >= 4 is 5.69 Å². The third-order valence-corrected chi connectivity index (χ3v) is 4.55. The van der Waals surface area contributed by atoms with Crippen molar-refractivity contribution in [2.24, 2.45) is 0 Å². The van der Waals surface area contributed by atoms with E-state index in [9.17, 15) is 0 Å². The Labute approximate surface area is 115 Å². The van der Waals surface area contributed by atoms with Gasteiger partial charge < -0.3 is 9.80 Å². The number of aromatic nitrogens is 1. The molecule has 0 N–H and O–H groups in total. The van der Waals surface area contributed by atoms with Gasteiger partial charge in [-0.1, -0.05) is 12.8 Å². The predicted molar refractivity (Wildman–Crippen MR) is 78.9 cm³/mol. The summed E-state index contributed by atoms with van der Waals surface area (Å²) < 4.78 is 0. The molecule has 1 aliphatic carbocycles. The number of hydrogen-bond acceptors (Lipinski definition) is 3. The number of rotatable bonds is 2. The van der Waals surface area contributed by atoms with Gasteiger partial charge in [-0.25, -0.2) is 0 Å². The van der Waals surface area contributed by atoms with Crippen molar-refractivity contribution in [1.82, 2.24) is 9.88 Å². The van der Waals surface area contributed by atoms with Crippen LogP contribution in [0.4, 0.5) is 5.69 Å². The third kappa shape index (κ3) is 2.11. The molecular weight excluding hydrogens is 234 g/mol. The second kappa shape index (κ2) is 4.87. The van der Waals surface area contributed by atoms with Gasteiger partial charge in [-0.15, -0.1) is 0 Å². The van der Waals surface area contributed by atoms with Gasteiger partial charge in [-0.05, 0) is 45.2 Å². The van der Waals surface area contributed by atoms with E-state index >= 15 is 0 Å².